The van der Waals surface area contributed by atoms with E-state index in [4.69, 9.17) is 9.47 Å². The Hall–Kier alpha value is -1.75. The highest BCUT2D eigenvalue weighted by molar-refractivity contribution is 5.97. The van der Waals surface area contributed by atoms with Crippen molar-refractivity contribution in [2.75, 3.05) is 34.4 Å². The average Bonchev–Trinajstić information content (AvgIpc) is 2.42. The molecule has 1 rings (SSSR count). The summed E-state index contributed by atoms with van der Waals surface area (Å²) in [6, 6.07) is 5.25. The minimum absolute atomic E-state index is 0.151. The van der Waals surface area contributed by atoms with Gasteiger partial charge >= 0.3 is 0 Å². The topological polar surface area (TPSA) is 59.6 Å². The van der Waals surface area contributed by atoms with Crippen LogP contribution in [0, 0.1) is 0 Å². The summed E-state index contributed by atoms with van der Waals surface area (Å²) in [5.74, 6) is 0.869. The molecule has 0 aliphatic carbocycles. The van der Waals surface area contributed by atoms with E-state index < -0.39 is 0 Å². The second-order valence-electron chi connectivity index (χ2n) is 3.75. The van der Waals surface area contributed by atoms with Crippen LogP contribution in [-0.2, 0) is 0 Å². The first kappa shape index (κ1) is 14.3. The third-order valence-electron chi connectivity index (χ3n) is 2.54. The van der Waals surface area contributed by atoms with Gasteiger partial charge in [0, 0.05) is 6.54 Å². The number of benzene rings is 1. The maximum atomic E-state index is 12.0. The first-order valence-electron chi connectivity index (χ1n) is 5.88. The average molecular weight is 252 g/mol. The Balaban J connectivity index is 2.72. The molecule has 0 spiro atoms. The minimum atomic E-state index is -0.151. The molecule has 100 valence electrons. The van der Waals surface area contributed by atoms with Crippen molar-refractivity contribution in [2.45, 2.75) is 6.42 Å². The van der Waals surface area contributed by atoms with Crippen LogP contribution in [0.5, 0.6) is 11.5 Å². The number of carbonyl (C=O) groups excluding carboxylic acids is 1. The highest BCUT2D eigenvalue weighted by atomic mass is 16.5. The number of hydrogen-bond donors (Lipinski definition) is 2. The van der Waals surface area contributed by atoms with Gasteiger partial charge in [-0.15, -0.1) is 0 Å². The van der Waals surface area contributed by atoms with Crippen LogP contribution in [0.25, 0.3) is 0 Å². The number of nitrogens with one attached hydrogen (secondary N) is 2. The number of methoxy groups -OCH3 is 2. The minimum Gasteiger partial charge on any atom is -0.493 e. The number of hydrogen-bond acceptors (Lipinski definition) is 4. The van der Waals surface area contributed by atoms with Gasteiger partial charge < -0.3 is 20.1 Å². The molecule has 5 heteroatoms. The van der Waals surface area contributed by atoms with E-state index in [1.54, 1.807) is 25.3 Å². The fraction of sp³-hybridized carbons (Fsp3) is 0.462. The van der Waals surface area contributed by atoms with Gasteiger partial charge in [0.05, 0.1) is 19.8 Å². The van der Waals surface area contributed by atoms with Crippen molar-refractivity contribution in [3.05, 3.63) is 23.8 Å². The summed E-state index contributed by atoms with van der Waals surface area (Å²) in [6.45, 7) is 1.50. The van der Waals surface area contributed by atoms with E-state index in [1.165, 1.54) is 7.11 Å². The quantitative estimate of drug-likeness (QED) is 0.712. The van der Waals surface area contributed by atoms with Crippen LogP contribution in [0.2, 0.25) is 0 Å². The zero-order chi connectivity index (χ0) is 13.4. The molecule has 0 aliphatic heterocycles. The first-order chi connectivity index (χ1) is 8.74. The zero-order valence-electron chi connectivity index (χ0n) is 11.1. The summed E-state index contributed by atoms with van der Waals surface area (Å²) < 4.78 is 10.4. The third-order valence-corrected chi connectivity index (χ3v) is 2.54. The van der Waals surface area contributed by atoms with Gasteiger partial charge in [0.15, 0.2) is 11.5 Å². The Morgan fingerprint density at radius 3 is 2.61 bits per heavy atom. The summed E-state index contributed by atoms with van der Waals surface area (Å²) in [4.78, 5) is 12.0. The highest BCUT2D eigenvalue weighted by Gasteiger charge is 2.15. The lowest BCUT2D eigenvalue weighted by atomic mass is 10.1. The van der Waals surface area contributed by atoms with E-state index in [1.807, 2.05) is 7.05 Å². The lowest BCUT2D eigenvalue weighted by Crippen LogP contribution is -2.27. The number of para-hydroxylation sites is 1. The standard InChI is InChI=1S/C13H20N2O3/c1-14-8-5-9-15-13(16)10-6-4-7-11(17-2)12(10)18-3/h4,6-7,14H,5,8-9H2,1-3H3,(H,15,16). The summed E-state index contributed by atoms with van der Waals surface area (Å²) in [5, 5.41) is 5.87. The molecule has 0 atom stereocenters. The second kappa shape index (κ2) is 7.55. The van der Waals surface area contributed by atoms with E-state index in [2.05, 4.69) is 10.6 Å². The monoisotopic (exact) mass is 252 g/mol. The van der Waals surface area contributed by atoms with Crippen molar-refractivity contribution in [3.8, 4) is 11.5 Å². The molecule has 0 aliphatic rings. The molecule has 0 saturated heterocycles. The molecule has 1 aromatic rings. The van der Waals surface area contributed by atoms with Crippen LogP contribution >= 0.6 is 0 Å². The maximum Gasteiger partial charge on any atom is 0.255 e. The van der Waals surface area contributed by atoms with E-state index in [0.29, 0.717) is 23.6 Å². The van der Waals surface area contributed by atoms with Crippen LogP contribution in [-0.4, -0.2) is 40.3 Å². The van der Waals surface area contributed by atoms with Gasteiger partial charge in [0.25, 0.3) is 5.91 Å². The molecule has 18 heavy (non-hydrogen) atoms. The SMILES string of the molecule is CNCCCNC(=O)c1cccc(OC)c1OC. The van der Waals surface area contributed by atoms with E-state index in [9.17, 15) is 4.79 Å². The molecule has 0 aromatic heterocycles. The van der Waals surface area contributed by atoms with Gasteiger partial charge in [-0.05, 0) is 32.1 Å². The van der Waals surface area contributed by atoms with Crippen molar-refractivity contribution >= 4 is 5.91 Å². The van der Waals surface area contributed by atoms with E-state index in [0.717, 1.165) is 13.0 Å². The van der Waals surface area contributed by atoms with Crippen molar-refractivity contribution in [1.29, 1.82) is 0 Å². The number of ether oxygens (including phenoxy) is 2. The largest absolute Gasteiger partial charge is 0.493 e. The second-order valence-corrected chi connectivity index (χ2v) is 3.75. The molecular formula is C13H20N2O3. The highest BCUT2D eigenvalue weighted by Crippen LogP contribution is 2.30. The maximum absolute atomic E-state index is 12.0. The fourth-order valence-corrected chi connectivity index (χ4v) is 1.63. The molecule has 0 saturated carbocycles. The van der Waals surface area contributed by atoms with Crippen LogP contribution in [0.4, 0.5) is 0 Å². The molecular weight excluding hydrogens is 232 g/mol. The van der Waals surface area contributed by atoms with Crippen LogP contribution in [0.15, 0.2) is 18.2 Å². The van der Waals surface area contributed by atoms with Gasteiger partial charge in [-0.1, -0.05) is 6.07 Å². The smallest absolute Gasteiger partial charge is 0.255 e. The summed E-state index contributed by atoms with van der Waals surface area (Å²) >= 11 is 0. The van der Waals surface area contributed by atoms with Gasteiger partial charge in [-0.25, -0.2) is 0 Å². The predicted octanol–water partition coefficient (Wildman–Crippen LogP) is 1.04. The normalized spacial score (nSPS) is 9.94. The van der Waals surface area contributed by atoms with Gasteiger partial charge in [0.2, 0.25) is 0 Å². The molecule has 0 unspecified atom stereocenters. The van der Waals surface area contributed by atoms with E-state index in [-0.39, 0.29) is 5.91 Å². The Kier molecular flexibility index (Phi) is 6.00. The van der Waals surface area contributed by atoms with Crippen LogP contribution in [0.1, 0.15) is 16.8 Å². The molecule has 0 bridgehead atoms. The Morgan fingerprint density at radius 1 is 1.22 bits per heavy atom. The van der Waals surface area contributed by atoms with Crippen molar-refractivity contribution < 1.29 is 14.3 Å². The van der Waals surface area contributed by atoms with E-state index >= 15 is 0 Å². The van der Waals surface area contributed by atoms with Gasteiger partial charge in [-0.3, -0.25) is 4.79 Å². The summed E-state index contributed by atoms with van der Waals surface area (Å²) in [5.41, 5.74) is 0.487. The van der Waals surface area contributed by atoms with Crippen molar-refractivity contribution in [1.82, 2.24) is 10.6 Å². The third kappa shape index (κ3) is 3.63. The molecule has 0 heterocycles. The van der Waals surface area contributed by atoms with Crippen LogP contribution < -0.4 is 20.1 Å². The first-order valence-corrected chi connectivity index (χ1v) is 5.88. The lowest BCUT2D eigenvalue weighted by Gasteiger charge is -2.12. The van der Waals surface area contributed by atoms with Crippen molar-refractivity contribution in [3.63, 3.8) is 0 Å². The number of amides is 1. The molecule has 1 aromatic carbocycles. The van der Waals surface area contributed by atoms with Crippen LogP contribution in [0.3, 0.4) is 0 Å². The fourth-order valence-electron chi connectivity index (χ4n) is 1.63. The molecule has 2 N–H and O–H groups in total. The summed E-state index contributed by atoms with van der Waals surface area (Å²) in [6.07, 6.45) is 0.883. The molecule has 1 amide bonds. The Labute approximate surface area is 107 Å². The summed E-state index contributed by atoms with van der Waals surface area (Å²) in [7, 11) is 4.95. The molecule has 0 radical (unpaired) electrons. The Morgan fingerprint density at radius 2 is 2.00 bits per heavy atom. The Bertz CT molecular complexity index is 394. The molecule has 5 nitrogen and oxygen atoms in total. The lowest BCUT2D eigenvalue weighted by molar-refractivity contribution is 0.0949. The molecule has 0 fully saturated rings. The number of carbonyl (C=O) groups is 1. The zero-order valence-corrected chi connectivity index (χ0v) is 11.1. The number of rotatable bonds is 7. The van der Waals surface area contributed by atoms with Crippen molar-refractivity contribution in [2.24, 2.45) is 0 Å². The predicted molar refractivity (Wildman–Crippen MR) is 70.4 cm³/mol. The van der Waals surface area contributed by atoms with Gasteiger partial charge in [0.1, 0.15) is 0 Å². The van der Waals surface area contributed by atoms with Gasteiger partial charge in [-0.2, -0.15) is 0 Å².